The molecule has 152 valence electrons. The average Bonchev–Trinajstić information content (AvgIpc) is 3.22. The van der Waals surface area contributed by atoms with Crippen LogP contribution in [0.15, 0.2) is 27.8 Å². The highest BCUT2D eigenvalue weighted by atomic mass is 32.1. The van der Waals surface area contributed by atoms with Gasteiger partial charge in [0.15, 0.2) is 10.8 Å². The Kier molecular flexibility index (Phi) is 7.12. The number of carboxylic acid groups (broad SMARTS) is 1. The van der Waals surface area contributed by atoms with E-state index in [1.165, 1.54) is 11.3 Å². The van der Waals surface area contributed by atoms with Crippen LogP contribution in [0, 0.1) is 0 Å². The summed E-state index contributed by atoms with van der Waals surface area (Å²) >= 11 is 1.47. The highest BCUT2D eigenvalue weighted by Gasteiger charge is 2.27. The van der Waals surface area contributed by atoms with Crippen molar-refractivity contribution in [3.8, 4) is 0 Å². The van der Waals surface area contributed by atoms with Crippen molar-refractivity contribution in [1.82, 2.24) is 15.2 Å². The van der Waals surface area contributed by atoms with Gasteiger partial charge in [0, 0.05) is 43.3 Å². The zero-order chi connectivity index (χ0) is 19.9. The van der Waals surface area contributed by atoms with Gasteiger partial charge in [-0.2, -0.15) is 0 Å². The van der Waals surface area contributed by atoms with Gasteiger partial charge in [-0.25, -0.2) is 9.78 Å². The monoisotopic (exact) mass is 408 g/mol. The van der Waals surface area contributed by atoms with E-state index in [0.29, 0.717) is 50.7 Å². The van der Waals surface area contributed by atoms with Crippen molar-refractivity contribution in [1.29, 1.82) is 0 Å². The van der Waals surface area contributed by atoms with Crippen molar-refractivity contribution >= 4 is 29.1 Å². The van der Waals surface area contributed by atoms with Gasteiger partial charge < -0.3 is 19.9 Å². The van der Waals surface area contributed by atoms with Crippen LogP contribution in [0.5, 0.6) is 0 Å². The van der Waals surface area contributed by atoms with Crippen LogP contribution >= 0.6 is 11.3 Å². The molecule has 0 spiro atoms. The van der Waals surface area contributed by atoms with Crippen LogP contribution in [0.2, 0.25) is 0 Å². The van der Waals surface area contributed by atoms with Crippen LogP contribution in [0.4, 0.5) is 0 Å². The van der Waals surface area contributed by atoms with Crippen LogP contribution in [-0.2, 0) is 19.1 Å². The Hall–Kier alpha value is -2.30. The van der Waals surface area contributed by atoms with E-state index < -0.39 is 5.97 Å². The molecule has 10 heteroatoms. The zero-order valence-electron chi connectivity index (χ0n) is 15.7. The van der Waals surface area contributed by atoms with E-state index >= 15 is 0 Å². The quantitative estimate of drug-likeness (QED) is 0.610. The molecule has 1 aromatic heterocycles. The van der Waals surface area contributed by atoms with Gasteiger partial charge in [0.1, 0.15) is 0 Å². The Morgan fingerprint density at radius 2 is 2.36 bits per heavy atom. The lowest BCUT2D eigenvalue weighted by Gasteiger charge is -2.34. The number of carbonyl (C=O) groups is 2. The topological polar surface area (TPSA) is 113 Å². The maximum absolute atomic E-state index is 12.4. The number of thiazole rings is 1. The number of hydrogen-bond donors (Lipinski definition) is 2. The molecule has 0 aliphatic carbocycles. The molecule has 9 nitrogen and oxygen atoms in total. The van der Waals surface area contributed by atoms with Gasteiger partial charge in [-0.3, -0.25) is 14.7 Å². The Morgan fingerprint density at radius 3 is 3.07 bits per heavy atom. The van der Waals surface area contributed by atoms with Gasteiger partial charge in [0.05, 0.1) is 31.4 Å². The van der Waals surface area contributed by atoms with Gasteiger partial charge in [0.25, 0.3) is 0 Å². The van der Waals surface area contributed by atoms with Gasteiger partial charge >= 0.3 is 11.9 Å². The van der Waals surface area contributed by atoms with Crippen LogP contribution in [-0.4, -0.2) is 78.3 Å². The third-order valence-corrected chi connectivity index (χ3v) is 5.25. The number of nitrogens with zero attached hydrogens (tertiary/aromatic N) is 3. The zero-order valence-corrected chi connectivity index (χ0v) is 16.5. The molecule has 1 unspecified atom stereocenters. The number of rotatable bonds is 8. The number of hydrogen-bond acceptors (Lipinski definition) is 9. The summed E-state index contributed by atoms with van der Waals surface area (Å²) in [5, 5.41) is 14.8. The number of esters is 1. The Morgan fingerprint density at radius 1 is 1.50 bits per heavy atom. The fourth-order valence-electron chi connectivity index (χ4n) is 3.12. The van der Waals surface area contributed by atoms with Gasteiger partial charge in [0.2, 0.25) is 0 Å². The predicted octanol–water partition coefficient (Wildman–Crippen LogP) is 0.876. The lowest BCUT2D eigenvalue weighted by Crippen LogP contribution is -2.46. The highest BCUT2D eigenvalue weighted by Crippen LogP contribution is 2.18. The molecule has 0 radical (unpaired) electrons. The minimum Gasteiger partial charge on any atom is -0.481 e. The van der Waals surface area contributed by atoms with Crippen molar-refractivity contribution in [2.75, 3.05) is 39.4 Å². The summed E-state index contributed by atoms with van der Waals surface area (Å²) in [6, 6.07) is 0. The van der Waals surface area contributed by atoms with Crippen LogP contribution < -0.4 is 5.32 Å². The van der Waals surface area contributed by atoms with E-state index in [0.717, 1.165) is 10.7 Å². The van der Waals surface area contributed by atoms with E-state index in [4.69, 9.17) is 14.6 Å². The molecular weight excluding hydrogens is 384 g/mol. The summed E-state index contributed by atoms with van der Waals surface area (Å²) in [6.45, 7) is 4.65. The van der Waals surface area contributed by atoms with E-state index in [2.05, 4.69) is 20.2 Å². The first-order valence-corrected chi connectivity index (χ1v) is 10.1. The number of ether oxygens (including phenoxy) is 2. The summed E-state index contributed by atoms with van der Waals surface area (Å²) in [7, 11) is 0. The molecule has 3 rings (SSSR count). The van der Waals surface area contributed by atoms with Crippen LogP contribution in [0.25, 0.3) is 0 Å². The number of aromatic nitrogens is 1. The molecule has 1 aromatic rings. The minimum atomic E-state index is -0.828. The Labute approximate surface area is 167 Å². The number of nitrogens with one attached hydrogen (secondary N) is 1. The van der Waals surface area contributed by atoms with Gasteiger partial charge in [-0.05, 0) is 13.3 Å². The molecule has 2 aliphatic heterocycles. The smallest absolute Gasteiger partial charge is 0.337 e. The fourth-order valence-corrected chi connectivity index (χ4v) is 3.72. The molecule has 3 heterocycles. The average molecular weight is 408 g/mol. The second kappa shape index (κ2) is 9.76. The molecule has 2 aliphatic rings. The standard InChI is InChI=1S/C18H24N4O5S/c1-2-26-18(25)13-9-20-16(17-19-5-8-28-17)21-14(13)11-22-6-7-27-12(10-22)3-4-15(23)24/h5,8,12H,2-4,6-7,9-11H2,1H3,(H,20,21)(H,23,24). The van der Waals surface area contributed by atoms with Crippen molar-refractivity contribution in [2.45, 2.75) is 25.9 Å². The number of amidine groups is 1. The van der Waals surface area contributed by atoms with Crippen LogP contribution in [0.1, 0.15) is 24.8 Å². The van der Waals surface area contributed by atoms with Gasteiger partial charge in [-0.15, -0.1) is 11.3 Å². The number of aliphatic imine (C=N–C) groups is 1. The molecule has 0 saturated carbocycles. The molecule has 1 saturated heterocycles. The molecule has 28 heavy (non-hydrogen) atoms. The van der Waals surface area contributed by atoms with E-state index in [9.17, 15) is 9.59 Å². The number of carbonyl (C=O) groups excluding carboxylic acids is 1. The van der Waals surface area contributed by atoms with E-state index in [1.807, 2.05) is 5.38 Å². The van der Waals surface area contributed by atoms with E-state index in [-0.39, 0.29) is 25.0 Å². The van der Waals surface area contributed by atoms with Crippen molar-refractivity contribution in [2.24, 2.45) is 4.99 Å². The highest BCUT2D eigenvalue weighted by molar-refractivity contribution is 7.11. The molecule has 0 aromatic carbocycles. The molecule has 0 bridgehead atoms. The number of morpholine rings is 1. The third kappa shape index (κ3) is 5.37. The minimum absolute atomic E-state index is 0.0778. The Bertz CT molecular complexity index is 762. The first kappa shape index (κ1) is 20.4. The summed E-state index contributed by atoms with van der Waals surface area (Å²) in [5.74, 6) is -0.553. The number of carboxylic acids is 1. The summed E-state index contributed by atoms with van der Waals surface area (Å²) < 4.78 is 10.9. The second-order valence-corrected chi connectivity index (χ2v) is 7.36. The maximum atomic E-state index is 12.4. The lowest BCUT2D eigenvalue weighted by atomic mass is 10.1. The molecule has 0 amide bonds. The molecular formula is C18H24N4O5S. The molecule has 1 fully saturated rings. The summed E-state index contributed by atoms with van der Waals surface area (Å²) in [4.78, 5) is 34.1. The molecule has 1 atom stereocenters. The van der Waals surface area contributed by atoms with Crippen LogP contribution in [0.3, 0.4) is 0 Å². The summed E-state index contributed by atoms with van der Waals surface area (Å²) in [6.07, 6.45) is 2.12. The SMILES string of the molecule is CCOC(=O)C1=C(CN2CCOC(CCC(=O)O)C2)NC(c2nccs2)=NC1. The normalized spacial score (nSPS) is 20.5. The second-order valence-electron chi connectivity index (χ2n) is 6.46. The van der Waals surface area contributed by atoms with Crippen molar-refractivity contribution in [3.05, 3.63) is 27.9 Å². The first-order chi connectivity index (χ1) is 13.6. The lowest BCUT2D eigenvalue weighted by molar-refractivity contribution is -0.139. The van der Waals surface area contributed by atoms with Gasteiger partial charge in [-0.1, -0.05) is 0 Å². The maximum Gasteiger partial charge on any atom is 0.337 e. The van der Waals surface area contributed by atoms with Crippen molar-refractivity contribution < 1.29 is 24.2 Å². The van der Waals surface area contributed by atoms with Crippen molar-refractivity contribution in [3.63, 3.8) is 0 Å². The fraction of sp³-hybridized carbons (Fsp3) is 0.556. The third-order valence-electron chi connectivity index (χ3n) is 4.47. The predicted molar refractivity (Wildman–Crippen MR) is 103 cm³/mol. The van der Waals surface area contributed by atoms with E-state index in [1.54, 1.807) is 13.1 Å². The Balaban J connectivity index is 1.70. The first-order valence-electron chi connectivity index (χ1n) is 9.23. The largest absolute Gasteiger partial charge is 0.481 e. The molecule has 2 N–H and O–H groups in total. The number of aliphatic carboxylic acids is 1. The summed E-state index contributed by atoms with van der Waals surface area (Å²) in [5.41, 5.74) is 1.26.